The molecule has 7 heteroatoms. The Hall–Kier alpha value is -2.70. The van der Waals surface area contributed by atoms with Gasteiger partial charge in [-0.2, -0.15) is 4.98 Å². The van der Waals surface area contributed by atoms with Gasteiger partial charge in [-0.3, -0.25) is 9.20 Å². The van der Waals surface area contributed by atoms with Crippen LogP contribution in [-0.2, 0) is 13.0 Å². The van der Waals surface area contributed by atoms with Crippen molar-refractivity contribution in [3.05, 3.63) is 47.0 Å². The van der Waals surface area contributed by atoms with Gasteiger partial charge in [0.25, 0.3) is 5.91 Å². The molecule has 0 unspecified atom stereocenters. The third-order valence-corrected chi connectivity index (χ3v) is 3.96. The van der Waals surface area contributed by atoms with E-state index in [1.165, 1.54) is 0 Å². The Morgan fingerprint density at radius 1 is 1.25 bits per heavy atom. The molecule has 3 aromatic rings. The number of imidazole rings is 1. The molecule has 0 bridgehead atoms. The van der Waals surface area contributed by atoms with E-state index in [2.05, 4.69) is 15.1 Å². The number of carbonyl (C=O) groups excluding carboxylic acids is 1. The highest BCUT2D eigenvalue weighted by Gasteiger charge is 2.23. The third kappa shape index (κ3) is 2.89. The van der Waals surface area contributed by atoms with Crippen LogP contribution in [0.5, 0.6) is 0 Å². The standard InChI is InChI=1S/C17H21N5O2/c1-5-13-19-15(24-20-13)10-21(6-2)17(23)16-12(4)18-14-8-7-11(3)9-22(14)16/h7-9H,5-6,10H2,1-4H3. The number of pyridine rings is 1. The average molecular weight is 327 g/mol. The zero-order valence-corrected chi connectivity index (χ0v) is 14.4. The molecule has 0 aliphatic carbocycles. The summed E-state index contributed by atoms with van der Waals surface area (Å²) in [6.07, 6.45) is 2.63. The van der Waals surface area contributed by atoms with Crippen molar-refractivity contribution < 1.29 is 9.32 Å². The molecule has 3 heterocycles. The quantitative estimate of drug-likeness (QED) is 0.720. The van der Waals surface area contributed by atoms with Gasteiger partial charge >= 0.3 is 0 Å². The first kappa shape index (κ1) is 16.2. The summed E-state index contributed by atoms with van der Waals surface area (Å²) in [5, 5.41) is 3.88. The number of amides is 1. The van der Waals surface area contributed by atoms with Gasteiger partial charge in [-0.1, -0.05) is 18.1 Å². The minimum Gasteiger partial charge on any atom is -0.337 e. The van der Waals surface area contributed by atoms with Gasteiger partial charge in [0, 0.05) is 19.2 Å². The molecule has 0 aromatic carbocycles. The average Bonchev–Trinajstić information content (AvgIpc) is 3.15. The summed E-state index contributed by atoms with van der Waals surface area (Å²) in [7, 11) is 0. The molecule has 1 amide bonds. The molecule has 0 aliphatic heterocycles. The Morgan fingerprint density at radius 3 is 2.71 bits per heavy atom. The van der Waals surface area contributed by atoms with E-state index in [4.69, 9.17) is 4.52 Å². The summed E-state index contributed by atoms with van der Waals surface area (Å²) >= 11 is 0. The van der Waals surface area contributed by atoms with Crippen molar-refractivity contribution in [1.29, 1.82) is 0 Å². The van der Waals surface area contributed by atoms with Crippen LogP contribution in [0.2, 0.25) is 0 Å². The van der Waals surface area contributed by atoms with E-state index in [9.17, 15) is 4.79 Å². The van der Waals surface area contributed by atoms with Gasteiger partial charge < -0.3 is 9.42 Å². The highest BCUT2D eigenvalue weighted by atomic mass is 16.5. The van der Waals surface area contributed by atoms with Crippen LogP contribution in [0.15, 0.2) is 22.9 Å². The molecule has 0 spiro atoms. The fourth-order valence-electron chi connectivity index (χ4n) is 2.66. The molecule has 126 valence electrons. The van der Waals surface area contributed by atoms with Gasteiger partial charge in [-0.15, -0.1) is 0 Å². The molecular formula is C17H21N5O2. The summed E-state index contributed by atoms with van der Waals surface area (Å²) in [5.74, 6) is 1.00. The minimum absolute atomic E-state index is 0.0932. The third-order valence-electron chi connectivity index (χ3n) is 3.96. The van der Waals surface area contributed by atoms with Gasteiger partial charge in [0.1, 0.15) is 17.9 Å². The van der Waals surface area contributed by atoms with Crippen LogP contribution < -0.4 is 0 Å². The van der Waals surface area contributed by atoms with Crippen LogP contribution in [-0.4, -0.2) is 36.9 Å². The topological polar surface area (TPSA) is 76.5 Å². The molecule has 0 fully saturated rings. The number of aryl methyl sites for hydroxylation is 3. The maximum absolute atomic E-state index is 13.0. The lowest BCUT2D eigenvalue weighted by molar-refractivity contribution is 0.0726. The Bertz CT molecular complexity index is 880. The Kier molecular flexibility index (Phi) is 4.33. The molecule has 24 heavy (non-hydrogen) atoms. The Morgan fingerprint density at radius 2 is 2.04 bits per heavy atom. The van der Waals surface area contributed by atoms with Gasteiger partial charge in [0.15, 0.2) is 5.82 Å². The van der Waals surface area contributed by atoms with Gasteiger partial charge in [-0.25, -0.2) is 4.98 Å². The van der Waals surface area contributed by atoms with Crippen molar-refractivity contribution >= 4 is 11.6 Å². The van der Waals surface area contributed by atoms with E-state index < -0.39 is 0 Å². The highest BCUT2D eigenvalue weighted by molar-refractivity contribution is 5.94. The first-order chi connectivity index (χ1) is 11.5. The number of hydrogen-bond acceptors (Lipinski definition) is 5. The molecule has 0 saturated heterocycles. The monoisotopic (exact) mass is 327 g/mol. The summed E-state index contributed by atoms with van der Waals surface area (Å²) in [5.41, 5.74) is 3.12. The van der Waals surface area contributed by atoms with E-state index in [1.807, 2.05) is 50.4 Å². The second-order valence-electron chi connectivity index (χ2n) is 5.76. The smallest absolute Gasteiger partial charge is 0.273 e. The second-order valence-corrected chi connectivity index (χ2v) is 5.76. The van der Waals surface area contributed by atoms with Crippen LogP contribution in [0.1, 0.15) is 47.3 Å². The largest absolute Gasteiger partial charge is 0.337 e. The Balaban J connectivity index is 1.94. The lowest BCUT2D eigenvalue weighted by Gasteiger charge is -2.19. The molecule has 3 aromatic heterocycles. The van der Waals surface area contributed by atoms with Crippen LogP contribution in [0, 0.1) is 13.8 Å². The lowest BCUT2D eigenvalue weighted by Crippen LogP contribution is -2.31. The Labute approximate surface area is 140 Å². The van der Waals surface area contributed by atoms with Crippen LogP contribution >= 0.6 is 0 Å². The summed E-state index contributed by atoms with van der Waals surface area (Å²) in [6, 6.07) is 3.90. The molecule has 3 rings (SSSR count). The molecule has 7 nitrogen and oxygen atoms in total. The fourth-order valence-corrected chi connectivity index (χ4v) is 2.66. The van der Waals surface area contributed by atoms with E-state index >= 15 is 0 Å². The maximum Gasteiger partial charge on any atom is 0.273 e. The van der Waals surface area contributed by atoms with Crippen molar-refractivity contribution in [2.24, 2.45) is 0 Å². The van der Waals surface area contributed by atoms with E-state index in [1.54, 1.807) is 4.90 Å². The number of nitrogens with zero attached hydrogens (tertiary/aromatic N) is 5. The zero-order chi connectivity index (χ0) is 17.3. The normalized spacial score (nSPS) is 11.2. The molecular weight excluding hydrogens is 306 g/mol. The summed E-state index contributed by atoms with van der Waals surface area (Å²) < 4.78 is 7.06. The van der Waals surface area contributed by atoms with Crippen molar-refractivity contribution in [3.8, 4) is 0 Å². The van der Waals surface area contributed by atoms with E-state index in [0.29, 0.717) is 42.6 Å². The maximum atomic E-state index is 13.0. The van der Waals surface area contributed by atoms with Gasteiger partial charge in [0.2, 0.25) is 5.89 Å². The lowest BCUT2D eigenvalue weighted by atomic mass is 10.2. The predicted octanol–water partition coefficient (Wildman–Crippen LogP) is 2.56. The minimum atomic E-state index is -0.0932. The van der Waals surface area contributed by atoms with Crippen LogP contribution in [0.25, 0.3) is 5.65 Å². The van der Waals surface area contributed by atoms with Gasteiger partial charge in [0.05, 0.1) is 5.69 Å². The van der Waals surface area contributed by atoms with Crippen molar-refractivity contribution in [2.75, 3.05) is 6.54 Å². The number of hydrogen-bond donors (Lipinski definition) is 0. The van der Waals surface area contributed by atoms with E-state index in [-0.39, 0.29) is 5.91 Å². The molecule has 0 saturated carbocycles. The number of carbonyl (C=O) groups is 1. The SMILES string of the molecule is CCc1noc(CN(CC)C(=O)c2c(C)nc3ccc(C)cn23)n1. The number of rotatable bonds is 5. The zero-order valence-electron chi connectivity index (χ0n) is 14.4. The summed E-state index contributed by atoms with van der Waals surface area (Å²) in [6.45, 7) is 8.57. The number of fused-ring (bicyclic) bond motifs is 1. The predicted molar refractivity (Wildman–Crippen MR) is 88.8 cm³/mol. The van der Waals surface area contributed by atoms with Gasteiger partial charge in [-0.05, 0) is 32.4 Å². The van der Waals surface area contributed by atoms with Crippen molar-refractivity contribution in [2.45, 2.75) is 40.7 Å². The molecule has 0 radical (unpaired) electrons. The van der Waals surface area contributed by atoms with Crippen molar-refractivity contribution in [1.82, 2.24) is 24.4 Å². The highest BCUT2D eigenvalue weighted by Crippen LogP contribution is 2.17. The first-order valence-corrected chi connectivity index (χ1v) is 8.09. The van der Waals surface area contributed by atoms with Crippen LogP contribution in [0.3, 0.4) is 0 Å². The number of aromatic nitrogens is 4. The fraction of sp³-hybridized carbons (Fsp3) is 0.412. The van der Waals surface area contributed by atoms with Crippen LogP contribution in [0.4, 0.5) is 0 Å². The molecule has 0 aliphatic rings. The second kappa shape index (κ2) is 6.43. The van der Waals surface area contributed by atoms with E-state index in [0.717, 1.165) is 11.2 Å². The van der Waals surface area contributed by atoms with Crippen molar-refractivity contribution in [3.63, 3.8) is 0 Å². The summed E-state index contributed by atoms with van der Waals surface area (Å²) in [4.78, 5) is 23.5. The molecule has 0 N–H and O–H groups in total. The molecule has 0 atom stereocenters. The first-order valence-electron chi connectivity index (χ1n) is 8.09.